The number of quaternary nitrogens is 1. The lowest BCUT2D eigenvalue weighted by molar-refractivity contribution is -0.719. The number of rotatable bonds is 8. The topological polar surface area (TPSA) is 81.6 Å². The van der Waals surface area contributed by atoms with Gasteiger partial charge in [-0.05, 0) is 18.9 Å². The van der Waals surface area contributed by atoms with Gasteiger partial charge in [0.05, 0.1) is 0 Å². The number of aryl methyl sites for hydroxylation is 2. The Morgan fingerprint density at radius 1 is 0.968 bits per heavy atom. The minimum absolute atomic E-state index is 0.318. The van der Waals surface area contributed by atoms with E-state index < -0.39 is 0 Å². The van der Waals surface area contributed by atoms with Crippen LogP contribution in [0.25, 0.3) is 22.7 Å². The number of hydrogen-bond acceptors (Lipinski definition) is 5. The van der Waals surface area contributed by atoms with Crippen molar-refractivity contribution in [2.24, 2.45) is 5.92 Å². The molecule has 160 valence electrons. The molecule has 2 heterocycles. The Hall–Kier alpha value is -3.25. The van der Waals surface area contributed by atoms with E-state index in [0.29, 0.717) is 41.7 Å². The predicted molar refractivity (Wildman–Crippen MR) is 119 cm³/mol. The van der Waals surface area contributed by atoms with E-state index in [1.807, 2.05) is 37.3 Å². The van der Waals surface area contributed by atoms with Crippen molar-refractivity contribution in [3.05, 3.63) is 77.4 Å². The number of aromatic nitrogens is 3. The zero-order valence-electron chi connectivity index (χ0n) is 18.5. The lowest BCUT2D eigenvalue weighted by atomic mass is 9.95. The second kappa shape index (κ2) is 9.27. The Morgan fingerprint density at radius 2 is 1.71 bits per heavy atom. The fraction of sp³-hybridized carbons (Fsp3) is 0.320. The van der Waals surface area contributed by atoms with Crippen LogP contribution in [0, 0.1) is 12.8 Å². The van der Waals surface area contributed by atoms with Gasteiger partial charge < -0.3 is 14.3 Å². The van der Waals surface area contributed by atoms with Gasteiger partial charge in [0.25, 0.3) is 11.8 Å². The fourth-order valence-corrected chi connectivity index (χ4v) is 3.85. The van der Waals surface area contributed by atoms with Gasteiger partial charge >= 0.3 is 0 Å². The molecule has 0 aliphatic heterocycles. The molecule has 4 rings (SSSR count). The van der Waals surface area contributed by atoms with E-state index in [4.69, 9.17) is 8.94 Å². The molecule has 0 amide bonds. The van der Waals surface area contributed by atoms with Gasteiger partial charge in [0.2, 0.25) is 0 Å². The molecule has 2 N–H and O–H groups in total. The molecule has 1 atom stereocenters. The average Bonchev–Trinajstić information content (AvgIpc) is 3.41. The molecule has 0 saturated carbocycles. The standard InChI is InChI=1S/C25H28N4O2/c1-5-18-11-13-20(14-12-18)23(16(2)3)26-15-21-27-28-25(30-21)22-17(4)31-29-24(22)19-9-7-6-8-10-19/h6-14,16,23,26H,5,15H2,1-4H3/p+1/t23-/m1/s1. The van der Waals surface area contributed by atoms with Crippen molar-refractivity contribution in [2.45, 2.75) is 46.7 Å². The van der Waals surface area contributed by atoms with Crippen LogP contribution in [0.4, 0.5) is 0 Å². The molecule has 6 nitrogen and oxygen atoms in total. The molecule has 6 heteroatoms. The minimum atomic E-state index is 0.318. The number of nitrogens with two attached hydrogens (primary N) is 1. The van der Waals surface area contributed by atoms with E-state index in [0.717, 1.165) is 17.5 Å². The summed E-state index contributed by atoms with van der Waals surface area (Å²) in [6.07, 6.45) is 1.05. The van der Waals surface area contributed by atoms with Crippen molar-refractivity contribution in [3.63, 3.8) is 0 Å². The molecule has 0 unspecified atom stereocenters. The van der Waals surface area contributed by atoms with E-state index in [9.17, 15) is 0 Å². The van der Waals surface area contributed by atoms with Gasteiger partial charge in [-0.15, -0.1) is 10.2 Å². The first-order chi connectivity index (χ1) is 15.1. The van der Waals surface area contributed by atoms with Crippen LogP contribution in [0.1, 0.15) is 49.6 Å². The van der Waals surface area contributed by atoms with Gasteiger partial charge in [-0.3, -0.25) is 0 Å². The van der Waals surface area contributed by atoms with Gasteiger partial charge in [-0.1, -0.05) is 80.5 Å². The van der Waals surface area contributed by atoms with E-state index >= 15 is 0 Å². The maximum Gasteiger partial charge on any atom is 0.271 e. The van der Waals surface area contributed by atoms with Crippen LogP contribution in [-0.2, 0) is 13.0 Å². The molecule has 0 spiro atoms. The second-order valence-corrected chi connectivity index (χ2v) is 8.13. The summed E-state index contributed by atoms with van der Waals surface area (Å²) in [6, 6.07) is 19.1. The van der Waals surface area contributed by atoms with Crippen LogP contribution in [-0.4, -0.2) is 15.4 Å². The summed E-state index contributed by atoms with van der Waals surface area (Å²) in [5.41, 5.74) is 5.09. The Morgan fingerprint density at radius 3 is 2.39 bits per heavy atom. The summed E-state index contributed by atoms with van der Waals surface area (Å²) >= 11 is 0. The van der Waals surface area contributed by atoms with Crippen molar-refractivity contribution >= 4 is 0 Å². The molecule has 0 saturated heterocycles. The molecular weight excluding hydrogens is 388 g/mol. The van der Waals surface area contributed by atoms with Gasteiger partial charge in [0.15, 0.2) is 6.54 Å². The number of nitrogens with zero attached hydrogens (tertiary/aromatic N) is 3. The van der Waals surface area contributed by atoms with Gasteiger partial charge in [-0.25, -0.2) is 0 Å². The summed E-state index contributed by atoms with van der Waals surface area (Å²) in [7, 11) is 0. The average molecular weight is 418 g/mol. The van der Waals surface area contributed by atoms with Crippen LogP contribution in [0.3, 0.4) is 0 Å². The van der Waals surface area contributed by atoms with Crippen LogP contribution in [0.2, 0.25) is 0 Å². The largest absolute Gasteiger partial charge is 0.415 e. The first kappa shape index (κ1) is 21.0. The summed E-state index contributed by atoms with van der Waals surface area (Å²) in [5.74, 6) is 2.16. The van der Waals surface area contributed by atoms with Gasteiger partial charge in [0, 0.05) is 17.0 Å². The molecule has 0 bridgehead atoms. The molecule has 2 aromatic carbocycles. The van der Waals surface area contributed by atoms with Crippen molar-refractivity contribution < 1.29 is 14.3 Å². The Bertz CT molecular complexity index is 1110. The summed E-state index contributed by atoms with van der Waals surface area (Å²) in [4.78, 5) is 0. The second-order valence-electron chi connectivity index (χ2n) is 8.13. The van der Waals surface area contributed by atoms with E-state index in [-0.39, 0.29) is 0 Å². The summed E-state index contributed by atoms with van der Waals surface area (Å²) in [6.45, 7) is 9.12. The van der Waals surface area contributed by atoms with E-state index in [2.05, 4.69) is 65.7 Å². The predicted octanol–water partition coefficient (Wildman–Crippen LogP) is 4.72. The van der Waals surface area contributed by atoms with Crippen LogP contribution >= 0.6 is 0 Å². The van der Waals surface area contributed by atoms with Crippen molar-refractivity contribution in [3.8, 4) is 22.7 Å². The Labute approximate surface area is 182 Å². The Balaban J connectivity index is 1.52. The van der Waals surface area contributed by atoms with Crippen LogP contribution < -0.4 is 5.32 Å². The quantitative estimate of drug-likeness (QED) is 0.448. The van der Waals surface area contributed by atoms with Crippen molar-refractivity contribution in [2.75, 3.05) is 0 Å². The van der Waals surface area contributed by atoms with Crippen molar-refractivity contribution in [1.29, 1.82) is 0 Å². The maximum absolute atomic E-state index is 6.02. The summed E-state index contributed by atoms with van der Waals surface area (Å²) in [5, 5.41) is 15.0. The Kier molecular flexibility index (Phi) is 6.28. The zero-order chi connectivity index (χ0) is 21.8. The lowest BCUT2D eigenvalue weighted by Gasteiger charge is -2.19. The third-order valence-electron chi connectivity index (χ3n) is 5.63. The highest BCUT2D eigenvalue weighted by molar-refractivity contribution is 5.77. The van der Waals surface area contributed by atoms with Crippen LogP contribution in [0.5, 0.6) is 0 Å². The first-order valence-electron chi connectivity index (χ1n) is 10.8. The van der Waals surface area contributed by atoms with Gasteiger partial charge in [-0.2, -0.15) is 0 Å². The third kappa shape index (κ3) is 4.59. The van der Waals surface area contributed by atoms with Crippen LogP contribution in [0.15, 0.2) is 63.5 Å². The molecule has 0 aliphatic rings. The van der Waals surface area contributed by atoms with E-state index in [1.165, 1.54) is 11.1 Å². The molecule has 0 radical (unpaired) electrons. The third-order valence-corrected chi connectivity index (χ3v) is 5.63. The summed E-state index contributed by atoms with van der Waals surface area (Å²) < 4.78 is 11.5. The SMILES string of the molecule is CCc1ccc([C@H]([NH2+]Cc2nnc(-c3c(-c4ccccc4)noc3C)o2)C(C)C)cc1. The highest BCUT2D eigenvalue weighted by atomic mass is 16.5. The molecule has 4 aromatic rings. The monoisotopic (exact) mass is 417 g/mol. The fourth-order valence-electron chi connectivity index (χ4n) is 3.85. The lowest BCUT2D eigenvalue weighted by Crippen LogP contribution is -2.84. The molecule has 2 aromatic heterocycles. The molecule has 0 aliphatic carbocycles. The minimum Gasteiger partial charge on any atom is -0.415 e. The molecule has 31 heavy (non-hydrogen) atoms. The first-order valence-corrected chi connectivity index (χ1v) is 10.8. The highest BCUT2D eigenvalue weighted by Gasteiger charge is 2.24. The smallest absolute Gasteiger partial charge is 0.271 e. The maximum atomic E-state index is 6.02. The normalized spacial score (nSPS) is 12.4. The van der Waals surface area contributed by atoms with Gasteiger partial charge in [0.1, 0.15) is 23.1 Å². The van der Waals surface area contributed by atoms with E-state index in [1.54, 1.807) is 0 Å². The number of hydrogen-bond donors (Lipinski definition) is 1. The highest BCUT2D eigenvalue weighted by Crippen LogP contribution is 2.33. The zero-order valence-corrected chi connectivity index (χ0v) is 18.5. The molecular formula is C25H29N4O2+. The molecule has 0 fully saturated rings. The van der Waals surface area contributed by atoms with Crippen molar-refractivity contribution in [1.82, 2.24) is 15.4 Å². The number of benzene rings is 2.